The summed E-state index contributed by atoms with van der Waals surface area (Å²) in [6.07, 6.45) is 0. The van der Waals surface area contributed by atoms with Crippen LogP contribution in [0.25, 0.3) is 176 Å². The molecular weight excluding hydrogens is 1410 g/mol. The van der Waals surface area contributed by atoms with Gasteiger partial charge in [0.15, 0.2) is 11.2 Å². The number of fused-ring (bicyclic) bond motifs is 14. The maximum Gasteiger partial charge on any atom is 0.161 e. The Morgan fingerprint density at radius 2 is 0.431 bits per heavy atom. The summed E-state index contributed by atoms with van der Waals surface area (Å²) in [5.74, 6) is 0. The lowest BCUT2D eigenvalue weighted by Gasteiger charge is -2.27. The molecule has 0 fully saturated rings. The normalized spacial score (nSPS) is 11.6. The molecule has 19 aromatic carbocycles. The zero-order chi connectivity index (χ0) is 76.6. The lowest BCUT2D eigenvalue weighted by molar-refractivity contribution is 0.673. The molecule has 0 unspecified atom stereocenters. The van der Waals surface area contributed by atoms with Gasteiger partial charge in [-0.3, -0.25) is 0 Å². The van der Waals surface area contributed by atoms with E-state index in [1.165, 1.54) is 76.5 Å². The van der Waals surface area contributed by atoms with Crippen molar-refractivity contribution in [2.24, 2.45) is 0 Å². The second-order valence-corrected chi connectivity index (χ2v) is 29.8. The minimum absolute atomic E-state index is 0.889. The van der Waals surface area contributed by atoms with Crippen molar-refractivity contribution in [2.45, 2.75) is 0 Å². The number of hydrogen-bond acceptors (Lipinski definition) is 4. The van der Waals surface area contributed by atoms with Gasteiger partial charge in [0.05, 0.1) is 16.7 Å². The molecule has 0 radical (unpaired) electrons. The van der Waals surface area contributed by atoms with E-state index in [4.69, 9.17) is 8.83 Å². The average Bonchev–Trinajstić information content (AvgIpc) is 1.55. The number of hydrogen-bond donors (Lipinski definition) is 0. The molecule has 0 atom stereocenters. The van der Waals surface area contributed by atoms with Crippen LogP contribution in [0.4, 0.5) is 34.1 Å². The van der Waals surface area contributed by atoms with Gasteiger partial charge in [-0.05, 0) is 210 Å². The van der Waals surface area contributed by atoms with Crippen LogP contribution in [0.15, 0.2) is 446 Å². The minimum Gasteiger partial charge on any atom is -0.453 e. The van der Waals surface area contributed by atoms with Crippen molar-refractivity contribution in [3.8, 4) is 67.0 Å². The highest BCUT2D eigenvalue weighted by atomic mass is 16.3. The summed E-state index contributed by atoms with van der Waals surface area (Å²) in [5.41, 5.74) is 28.4. The zero-order valence-electron chi connectivity index (χ0n) is 63.2. The molecule has 0 saturated carbocycles. The lowest BCUT2D eigenvalue weighted by Crippen LogP contribution is -2.10. The fourth-order valence-electron chi connectivity index (χ4n) is 17.8. The van der Waals surface area contributed by atoms with Crippen LogP contribution >= 0.6 is 0 Å². The quantitative estimate of drug-likeness (QED) is 0.115. The number of rotatable bonds is 13. The van der Waals surface area contributed by atoms with E-state index in [9.17, 15) is 0 Å². The topological polar surface area (TPSA) is 42.6 Å². The maximum atomic E-state index is 6.89. The minimum atomic E-state index is 0.889. The first-order valence-electron chi connectivity index (χ1n) is 39.6. The molecule has 0 aliphatic heterocycles. The summed E-state index contributed by atoms with van der Waals surface area (Å²) in [5, 5.41) is 14.3. The first-order valence-corrected chi connectivity index (χ1v) is 39.6. The Morgan fingerprint density at radius 3 is 0.802 bits per heavy atom. The van der Waals surface area contributed by atoms with Crippen molar-refractivity contribution in [1.29, 1.82) is 0 Å². The standard InChI is InChI=1S/C58H38N2O.C52H34N2O/c1-2-17-44(18-3-1)60-55-26-9-8-21-53(55)58-56(60)54-25-12-24-52(57(54)61-58)43-31-37-47(38-32-43)59(45-33-27-41(28-34-45)50-22-10-15-39-13-4-6-19-48(39)50)46-35-29-42(30-36-46)51-23-11-16-40-14-5-7-20-49(40)51;1-2-17-39(18-3-1)54-49-25-9-8-21-46(49)52-50(54)47-24-12-23-45(51(47)55-52)38-29-33-41(34-30-38)53(48-26-11-16-36-14-5-7-20-44(36)48)40-31-27-37(28-32-40)43-22-10-15-35-13-4-6-19-42(35)43/h1-38H;1-34H. The van der Waals surface area contributed by atoms with E-state index in [-0.39, 0.29) is 0 Å². The summed E-state index contributed by atoms with van der Waals surface area (Å²) in [6, 6.07) is 156. The lowest BCUT2D eigenvalue weighted by atomic mass is 9.97. The maximum absolute atomic E-state index is 6.89. The van der Waals surface area contributed by atoms with Crippen molar-refractivity contribution >= 4 is 143 Å². The van der Waals surface area contributed by atoms with Gasteiger partial charge in [0.1, 0.15) is 22.2 Å². The number of para-hydroxylation sites is 6. The smallest absolute Gasteiger partial charge is 0.161 e. The van der Waals surface area contributed by atoms with Crippen molar-refractivity contribution in [3.63, 3.8) is 0 Å². The number of aromatic nitrogens is 2. The van der Waals surface area contributed by atoms with Crippen LogP contribution in [0.5, 0.6) is 0 Å². The number of furan rings is 2. The van der Waals surface area contributed by atoms with E-state index < -0.39 is 0 Å². The molecule has 23 aromatic rings. The van der Waals surface area contributed by atoms with Crippen molar-refractivity contribution in [3.05, 3.63) is 437 Å². The van der Waals surface area contributed by atoms with Gasteiger partial charge in [-0.1, -0.05) is 309 Å². The van der Waals surface area contributed by atoms with Crippen LogP contribution < -0.4 is 9.80 Å². The number of nitrogens with zero attached hydrogens (tertiary/aromatic N) is 4. The number of benzene rings is 19. The van der Waals surface area contributed by atoms with E-state index >= 15 is 0 Å². The van der Waals surface area contributed by atoms with E-state index in [0.717, 1.165) is 134 Å². The first-order chi connectivity index (χ1) is 57.6. The highest BCUT2D eigenvalue weighted by molar-refractivity contribution is 6.20. The second-order valence-electron chi connectivity index (χ2n) is 29.8. The molecule has 0 bridgehead atoms. The van der Waals surface area contributed by atoms with E-state index in [1.54, 1.807) is 0 Å². The van der Waals surface area contributed by atoms with E-state index in [2.05, 4.69) is 456 Å². The molecule has 6 nitrogen and oxygen atoms in total. The molecule has 0 spiro atoms. The Balaban J connectivity index is 0.000000141. The molecular formula is C110H72N4O2. The van der Waals surface area contributed by atoms with Crippen molar-refractivity contribution in [1.82, 2.24) is 9.13 Å². The summed E-state index contributed by atoms with van der Waals surface area (Å²) in [4.78, 5) is 4.72. The molecule has 23 rings (SSSR count). The summed E-state index contributed by atoms with van der Waals surface area (Å²) in [7, 11) is 0. The van der Waals surface area contributed by atoms with Gasteiger partial charge in [0.2, 0.25) is 0 Å². The van der Waals surface area contributed by atoms with E-state index in [0.29, 0.717) is 0 Å². The van der Waals surface area contributed by atoms with Crippen LogP contribution in [0.3, 0.4) is 0 Å². The highest BCUT2D eigenvalue weighted by Crippen LogP contribution is 2.48. The van der Waals surface area contributed by atoms with Crippen LogP contribution in [0.2, 0.25) is 0 Å². The molecule has 544 valence electrons. The molecule has 4 heterocycles. The third kappa shape index (κ3) is 11.6. The molecule has 0 N–H and O–H groups in total. The Labute approximate surface area is 670 Å². The summed E-state index contributed by atoms with van der Waals surface area (Å²) >= 11 is 0. The Hall–Kier alpha value is -15.5. The van der Waals surface area contributed by atoms with Gasteiger partial charge >= 0.3 is 0 Å². The molecule has 4 aromatic heterocycles. The van der Waals surface area contributed by atoms with Crippen LogP contribution in [-0.4, -0.2) is 9.13 Å². The predicted molar refractivity (Wildman–Crippen MR) is 488 cm³/mol. The van der Waals surface area contributed by atoms with Gasteiger partial charge in [0, 0.05) is 77.9 Å². The second kappa shape index (κ2) is 28.4. The Morgan fingerprint density at radius 1 is 0.172 bits per heavy atom. The molecule has 116 heavy (non-hydrogen) atoms. The van der Waals surface area contributed by atoms with Crippen molar-refractivity contribution < 1.29 is 8.83 Å². The van der Waals surface area contributed by atoms with E-state index in [1.807, 2.05) is 0 Å². The Kier molecular flexibility index (Phi) is 16.5. The average molecular weight is 1480 g/mol. The molecule has 0 aliphatic rings. The third-order valence-corrected chi connectivity index (χ3v) is 23.2. The van der Waals surface area contributed by atoms with Gasteiger partial charge in [-0.25, -0.2) is 0 Å². The summed E-state index contributed by atoms with van der Waals surface area (Å²) < 4.78 is 18.4. The SMILES string of the molecule is c1ccc(-n2c3ccccc3c3oc4c(-c5ccc(N(c6ccc(-c7cccc8ccccc78)cc6)c6ccc(-c7cccc8ccccc78)cc6)cc5)cccc4c32)cc1.c1ccc(-n2c3ccccc3c3oc4c(-c5ccc(N(c6ccc(-c7cccc8ccccc78)cc6)c6cccc7ccccc67)cc5)cccc4c32)cc1. The predicted octanol–water partition coefficient (Wildman–Crippen LogP) is 30.9. The van der Waals surface area contributed by atoms with Gasteiger partial charge in [-0.2, -0.15) is 0 Å². The molecule has 0 saturated heterocycles. The van der Waals surface area contributed by atoms with Gasteiger partial charge in [-0.15, -0.1) is 0 Å². The van der Waals surface area contributed by atoms with Crippen LogP contribution in [-0.2, 0) is 0 Å². The first kappa shape index (κ1) is 67.4. The van der Waals surface area contributed by atoms with Gasteiger partial charge in [0.25, 0.3) is 0 Å². The summed E-state index contributed by atoms with van der Waals surface area (Å²) in [6.45, 7) is 0. The monoisotopic (exact) mass is 1480 g/mol. The van der Waals surface area contributed by atoms with Crippen LogP contribution in [0, 0.1) is 0 Å². The number of anilines is 6. The third-order valence-electron chi connectivity index (χ3n) is 23.2. The highest BCUT2D eigenvalue weighted by Gasteiger charge is 2.26. The molecule has 0 amide bonds. The van der Waals surface area contributed by atoms with Crippen LogP contribution in [0.1, 0.15) is 0 Å². The van der Waals surface area contributed by atoms with Crippen molar-refractivity contribution in [2.75, 3.05) is 9.80 Å². The fraction of sp³-hybridized carbons (Fsp3) is 0. The molecule has 6 heteroatoms. The fourth-order valence-corrected chi connectivity index (χ4v) is 17.8. The largest absolute Gasteiger partial charge is 0.453 e. The van der Waals surface area contributed by atoms with Gasteiger partial charge < -0.3 is 27.8 Å². The molecule has 0 aliphatic carbocycles. The zero-order valence-corrected chi connectivity index (χ0v) is 63.2. The Bertz CT molecular complexity index is 7520.